The number of piperidine rings is 1. The molecule has 1 N–H and O–H groups in total. The van der Waals surface area contributed by atoms with E-state index in [0.29, 0.717) is 36.3 Å². The molecule has 0 bridgehead atoms. The number of halogens is 1. The molecule has 0 amide bonds. The summed E-state index contributed by atoms with van der Waals surface area (Å²) in [6, 6.07) is 5.13. The number of hydrogen-bond donors (Lipinski definition) is 1. The van der Waals surface area contributed by atoms with Gasteiger partial charge in [-0.2, -0.15) is 17.4 Å². The van der Waals surface area contributed by atoms with Crippen LogP contribution in [-0.2, 0) is 17.3 Å². The van der Waals surface area contributed by atoms with Gasteiger partial charge in [-0.25, -0.2) is 9.37 Å². The largest absolute Gasteiger partial charge is 0.336 e. The lowest BCUT2D eigenvalue weighted by Gasteiger charge is -2.35. The van der Waals surface area contributed by atoms with Gasteiger partial charge in [0.05, 0.1) is 0 Å². The highest BCUT2D eigenvalue weighted by Gasteiger charge is 2.33. The van der Waals surface area contributed by atoms with Crippen LogP contribution in [0.5, 0.6) is 0 Å². The minimum Gasteiger partial charge on any atom is -0.336 e. The fourth-order valence-electron chi connectivity index (χ4n) is 3.61. The lowest BCUT2D eigenvalue weighted by atomic mass is 9.94. The number of aromatic nitrogens is 2. The Morgan fingerprint density at radius 2 is 1.81 bits per heavy atom. The van der Waals surface area contributed by atoms with Gasteiger partial charge < -0.3 is 4.57 Å². The van der Waals surface area contributed by atoms with E-state index in [2.05, 4.69) is 23.6 Å². The van der Waals surface area contributed by atoms with Crippen LogP contribution in [0.3, 0.4) is 0 Å². The summed E-state index contributed by atoms with van der Waals surface area (Å²) in [6.45, 7) is 5.12. The summed E-state index contributed by atoms with van der Waals surface area (Å²) < 4.78 is 45.4. The Morgan fingerprint density at radius 3 is 2.35 bits per heavy atom. The van der Waals surface area contributed by atoms with E-state index in [-0.39, 0.29) is 5.82 Å². The summed E-state index contributed by atoms with van der Waals surface area (Å²) in [5.41, 5.74) is 0.641. The van der Waals surface area contributed by atoms with Crippen molar-refractivity contribution in [1.82, 2.24) is 18.6 Å². The maximum absolute atomic E-state index is 13.3. The predicted octanol–water partition coefficient (Wildman–Crippen LogP) is 2.46. The minimum atomic E-state index is -3.71. The molecule has 0 spiro atoms. The van der Waals surface area contributed by atoms with Gasteiger partial charge in [0.25, 0.3) is 10.2 Å². The monoisotopic (exact) mass is 380 g/mol. The molecule has 1 aromatic heterocycles. The number of benzene rings is 1. The predicted molar refractivity (Wildman–Crippen MR) is 98.0 cm³/mol. The molecule has 1 saturated heterocycles. The van der Waals surface area contributed by atoms with Crippen molar-refractivity contribution in [3.05, 3.63) is 53.9 Å². The van der Waals surface area contributed by atoms with Gasteiger partial charge in [0, 0.05) is 32.5 Å². The van der Waals surface area contributed by atoms with Gasteiger partial charge in [0.1, 0.15) is 17.7 Å². The molecule has 3 unspecified atom stereocenters. The van der Waals surface area contributed by atoms with Gasteiger partial charge in [0.15, 0.2) is 0 Å². The number of rotatable bonds is 5. The van der Waals surface area contributed by atoms with Crippen LogP contribution in [0.4, 0.5) is 4.39 Å². The molecule has 142 valence electrons. The fraction of sp³-hybridized carbons (Fsp3) is 0.500. The molecule has 8 heteroatoms. The first-order valence-corrected chi connectivity index (χ1v) is 10.2. The third-order valence-electron chi connectivity index (χ3n) is 4.76. The van der Waals surface area contributed by atoms with Crippen molar-refractivity contribution in [1.29, 1.82) is 0 Å². The molecule has 0 saturated carbocycles. The van der Waals surface area contributed by atoms with Crippen LogP contribution in [0, 0.1) is 17.7 Å². The zero-order valence-corrected chi connectivity index (χ0v) is 16.1. The molecule has 0 aliphatic carbocycles. The van der Waals surface area contributed by atoms with Gasteiger partial charge >= 0.3 is 0 Å². The summed E-state index contributed by atoms with van der Waals surface area (Å²) >= 11 is 0. The average Bonchev–Trinajstić information content (AvgIpc) is 2.98. The second-order valence-electron chi connectivity index (χ2n) is 7.27. The van der Waals surface area contributed by atoms with E-state index in [1.807, 2.05) is 0 Å². The molecular weight excluding hydrogens is 355 g/mol. The van der Waals surface area contributed by atoms with Gasteiger partial charge in [0.2, 0.25) is 0 Å². The Hall–Kier alpha value is -1.77. The smallest absolute Gasteiger partial charge is 0.280 e. The maximum Gasteiger partial charge on any atom is 0.280 e. The summed E-state index contributed by atoms with van der Waals surface area (Å²) in [7, 11) is -1.91. The van der Waals surface area contributed by atoms with Crippen LogP contribution in [-0.4, -0.2) is 35.4 Å². The minimum absolute atomic E-state index is 0.313. The van der Waals surface area contributed by atoms with Crippen LogP contribution in [0.15, 0.2) is 36.7 Å². The van der Waals surface area contributed by atoms with Crippen LogP contribution >= 0.6 is 0 Å². The fourth-order valence-corrected chi connectivity index (χ4v) is 5.20. The quantitative estimate of drug-likeness (QED) is 0.866. The normalized spacial score (nSPS) is 23.1. The lowest BCUT2D eigenvalue weighted by molar-refractivity contribution is 0.220. The first kappa shape index (κ1) is 19.0. The van der Waals surface area contributed by atoms with Crippen molar-refractivity contribution in [2.75, 3.05) is 13.1 Å². The molecule has 3 atom stereocenters. The van der Waals surface area contributed by atoms with E-state index >= 15 is 0 Å². The van der Waals surface area contributed by atoms with E-state index in [4.69, 9.17) is 0 Å². The molecule has 0 radical (unpaired) electrons. The maximum atomic E-state index is 13.3. The Kier molecular flexibility index (Phi) is 5.45. The van der Waals surface area contributed by atoms with Gasteiger partial charge in [-0.05, 0) is 36.0 Å². The molecule has 1 aliphatic rings. The third-order valence-corrected chi connectivity index (χ3v) is 6.27. The van der Waals surface area contributed by atoms with Crippen LogP contribution < -0.4 is 4.72 Å². The molecule has 1 fully saturated rings. The number of hydrogen-bond acceptors (Lipinski definition) is 3. The highest BCUT2D eigenvalue weighted by Crippen LogP contribution is 2.26. The number of nitrogens with one attached hydrogen (secondary N) is 1. The SMILES string of the molecule is CC1CC(C)CN(S(=O)(=O)NC(c2ccc(F)cc2)c2nccn2C)C1. The second kappa shape index (κ2) is 7.46. The first-order chi connectivity index (χ1) is 12.3. The van der Waals surface area contributed by atoms with Crippen molar-refractivity contribution >= 4 is 10.2 Å². The van der Waals surface area contributed by atoms with E-state index in [9.17, 15) is 12.8 Å². The van der Waals surface area contributed by atoms with E-state index < -0.39 is 16.3 Å². The topological polar surface area (TPSA) is 67.2 Å². The Labute approximate surface area is 154 Å². The molecule has 1 aromatic carbocycles. The molecule has 1 aliphatic heterocycles. The zero-order chi connectivity index (χ0) is 18.9. The first-order valence-electron chi connectivity index (χ1n) is 8.76. The van der Waals surface area contributed by atoms with Crippen LogP contribution in [0.2, 0.25) is 0 Å². The average molecular weight is 380 g/mol. The summed E-state index contributed by atoms with van der Waals surface area (Å²) in [4.78, 5) is 4.30. The van der Waals surface area contributed by atoms with Crippen molar-refractivity contribution in [3.63, 3.8) is 0 Å². The number of imidazole rings is 1. The van der Waals surface area contributed by atoms with Gasteiger partial charge in [-0.3, -0.25) is 0 Å². The molecule has 26 heavy (non-hydrogen) atoms. The summed E-state index contributed by atoms with van der Waals surface area (Å²) in [5.74, 6) is 0.813. The molecule has 3 rings (SSSR count). The standard InChI is InChI=1S/C18H25FN4O2S/c1-13-10-14(2)12-23(11-13)26(24,25)21-17(18-20-8-9-22(18)3)15-4-6-16(19)7-5-15/h4-9,13-14,17,21H,10-12H2,1-3H3. The highest BCUT2D eigenvalue weighted by molar-refractivity contribution is 7.87. The zero-order valence-electron chi connectivity index (χ0n) is 15.3. The number of nitrogens with zero attached hydrogens (tertiary/aromatic N) is 3. The second-order valence-corrected chi connectivity index (χ2v) is 8.97. The Balaban J connectivity index is 1.92. The Morgan fingerprint density at radius 1 is 1.19 bits per heavy atom. The van der Waals surface area contributed by atoms with E-state index in [1.165, 1.54) is 16.4 Å². The van der Waals surface area contributed by atoms with Crippen LogP contribution in [0.1, 0.15) is 37.7 Å². The highest BCUT2D eigenvalue weighted by atomic mass is 32.2. The van der Waals surface area contributed by atoms with Crippen molar-refractivity contribution in [3.8, 4) is 0 Å². The summed E-state index contributed by atoms with van der Waals surface area (Å²) in [6.07, 6.45) is 4.39. The van der Waals surface area contributed by atoms with Crippen molar-refractivity contribution in [2.24, 2.45) is 18.9 Å². The molecule has 2 aromatic rings. The van der Waals surface area contributed by atoms with E-state index in [1.54, 1.807) is 36.1 Å². The van der Waals surface area contributed by atoms with Gasteiger partial charge in [-0.15, -0.1) is 0 Å². The van der Waals surface area contributed by atoms with Gasteiger partial charge in [-0.1, -0.05) is 26.0 Å². The summed E-state index contributed by atoms with van der Waals surface area (Å²) in [5, 5.41) is 0. The van der Waals surface area contributed by atoms with Crippen molar-refractivity contribution < 1.29 is 12.8 Å². The number of aryl methyl sites for hydroxylation is 1. The molecule has 6 nitrogen and oxygen atoms in total. The molecule has 2 heterocycles. The molecular formula is C18H25FN4O2S. The van der Waals surface area contributed by atoms with Crippen molar-refractivity contribution in [2.45, 2.75) is 26.3 Å². The lowest BCUT2D eigenvalue weighted by Crippen LogP contribution is -2.49. The third kappa shape index (κ3) is 4.13. The van der Waals surface area contributed by atoms with Crippen LogP contribution in [0.25, 0.3) is 0 Å². The Bertz CT molecular complexity index is 840. The van der Waals surface area contributed by atoms with E-state index in [0.717, 1.165) is 6.42 Å².